The van der Waals surface area contributed by atoms with E-state index in [0.29, 0.717) is 0 Å². The lowest BCUT2D eigenvalue weighted by molar-refractivity contribution is 1.22. The molecule has 0 unspecified atom stereocenters. The Hall–Kier alpha value is -6.38. The van der Waals surface area contributed by atoms with Gasteiger partial charge in [-0.15, -0.1) is 0 Å². The third kappa shape index (κ3) is 6.89. The average Bonchev–Trinajstić information content (AvgIpc) is 3.17. The Morgan fingerprint density at radius 1 is 0.292 bits per heavy atom. The van der Waals surface area contributed by atoms with E-state index in [-0.39, 0.29) is 0 Å². The molecular weight excluding hydrogens is 581 g/mol. The Kier molecular flexibility index (Phi) is 9.34. The van der Waals surface area contributed by atoms with Crippen molar-refractivity contribution in [3.8, 4) is 0 Å². The first kappa shape index (κ1) is 30.3. The van der Waals surface area contributed by atoms with Crippen molar-refractivity contribution in [3.63, 3.8) is 0 Å². The quantitative estimate of drug-likeness (QED) is 0.141. The zero-order chi connectivity index (χ0) is 32.4. The first-order chi connectivity index (χ1) is 23.8. The highest BCUT2D eigenvalue weighted by atomic mass is 15.2. The zero-order valence-electron chi connectivity index (χ0n) is 26.7. The Morgan fingerprint density at radius 3 is 1.06 bits per heavy atom. The van der Waals surface area contributed by atoms with Crippen LogP contribution in [-0.4, -0.2) is 0 Å². The smallest absolute Gasteiger partial charge is 0.0781 e. The minimum Gasteiger partial charge on any atom is -0.308 e. The molecular formula is C46H36N2. The highest BCUT2D eigenvalue weighted by Gasteiger charge is 2.25. The first-order valence-electron chi connectivity index (χ1n) is 16.3. The van der Waals surface area contributed by atoms with Crippen molar-refractivity contribution >= 4 is 58.4 Å². The van der Waals surface area contributed by atoms with E-state index in [1.165, 1.54) is 0 Å². The molecule has 0 amide bonds. The molecule has 0 radical (unpaired) electrons. The Balaban J connectivity index is 1.57. The lowest BCUT2D eigenvalue weighted by Gasteiger charge is -2.35. The molecule has 7 aromatic carbocycles. The van der Waals surface area contributed by atoms with Crippen LogP contribution in [0.4, 0.5) is 34.1 Å². The molecule has 2 nitrogen and oxygen atoms in total. The van der Waals surface area contributed by atoms with Crippen LogP contribution in [0.2, 0.25) is 0 Å². The Labute approximate surface area is 283 Å². The molecule has 0 aliphatic carbocycles. The van der Waals surface area contributed by atoms with Gasteiger partial charge in [0.2, 0.25) is 0 Å². The van der Waals surface area contributed by atoms with Crippen molar-refractivity contribution in [1.82, 2.24) is 0 Å². The summed E-state index contributed by atoms with van der Waals surface area (Å²) < 4.78 is 0. The number of hydrogen-bond acceptors (Lipinski definition) is 2. The van der Waals surface area contributed by atoms with E-state index in [1.807, 2.05) is 0 Å². The minimum atomic E-state index is 1.06. The summed E-state index contributed by atoms with van der Waals surface area (Å²) in [6.07, 6.45) is 8.91. The van der Waals surface area contributed by atoms with Gasteiger partial charge in [0, 0.05) is 28.3 Å². The third-order valence-electron chi connectivity index (χ3n) is 8.25. The molecule has 7 rings (SSSR count). The van der Waals surface area contributed by atoms with E-state index >= 15 is 0 Å². The maximum Gasteiger partial charge on any atom is 0.0781 e. The summed E-state index contributed by atoms with van der Waals surface area (Å²) in [5, 5.41) is 0. The predicted molar refractivity (Wildman–Crippen MR) is 207 cm³/mol. The molecule has 2 heteroatoms. The molecule has 0 aliphatic heterocycles. The number of nitrogens with zero attached hydrogens (tertiary/aromatic N) is 2. The molecule has 0 heterocycles. The van der Waals surface area contributed by atoms with Crippen LogP contribution in [0, 0.1) is 0 Å². The van der Waals surface area contributed by atoms with Crippen molar-refractivity contribution in [2.45, 2.75) is 0 Å². The van der Waals surface area contributed by atoms with Crippen LogP contribution < -0.4 is 9.80 Å². The lowest BCUT2D eigenvalue weighted by atomic mass is 9.97. The van der Waals surface area contributed by atoms with Crippen molar-refractivity contribution < 1.29 is 0 Å². The second-order valence-electron chi connectivity index (χ2n) is 11.4. The normalized spacial score (nSPS) is 11.2. The van der Waals surface area contributed by atoms with E-state index in [4.69, 9.17) is 0 Å². The zero-order valence-corrected chi connectivity index (χ0v) is 26.7. The van der Waals surface area contributed by atoms with E-state index in [0.717, 1.165) is 56.4 Å². The van der Waals surface area contributed by atoms with E-state index in [2.05, 4.69) is 228 Å². The SMILES string of the molecule is C(=C\c1ccc(N(c2ccccc2)c2ccccc2)c(N(c2ccccc2)c2ccccc2)c1/C=C/c1ccccc1)/c1ccccc1. The van der Waals surface area contributed by atoms with Gasteiger partial charge in [0.05, 0.1) is 11.4 Å². The van der Waals surface area contributed by atoms with Gasteiger partial charge in [0.15, 0.2) is 0 Å². The molecule has 48 heavy (non-hydrogen) atoms. The van der Waals surface area contributed by atoms with Gasteiger partial charge in [-0.1, -0.05) is 164 Å². The van der Waals surface area contributed by atoms with Gasteiger partial charge in [-0.25, -0.2) is 0 Å². The Morgan fingerprint density at radius 2 is 0.646 bits per heavy atom. The third-order valence-corrected chi connectivity index (χ3v) is 8.25. The van der Waals surface area contributed by atoms with E-state index in [1.54, 1.807) is 0 Å². The minimum absolute atomic E-state index is 1.06. The fourth-order valence-electron chi connectivity index (χ4n) is 5.98. The molecule has 0 saturated heterocycles. The summed E-state index contributed by atoms with van der Waals surface area (Å²) in [4.78, 5) is 4.75. The average molecular weight is 617 g/mol. The van der Waals surface area contributed by atoms with Crippen LogP contribution in [-0.2, 0) is 0 Å². The van der Waals surface area contributed by atoms with Crippen molar-refractivity contribution in [3.05, 3.63) is 216 Å². The summed E-state index contributed by atoms with van der Waals surface area (Å²) in [7, 11) is 0. The molecule has 0 saturated carbocycles. The lowest BCUT2D eigenvalue weighted by Crippen LogP contribution is -2.18. The second kappa shape index (κ2) is 14.8. The highest BCUT2D eigenvalue weighted by molar-refractivity contribution is 5.99. The summed E-state index contributed by atoms with van der Waals surface area (Å²) in [5.74, 6) is 0. The van der Waals surface area contributed by atoms with Gasteiger partial charge in [0.1, 0.15) is 0 Å². The van der Waals surface area contributed by atoms with E-state index < -0.39 is 0 Å². The summed E-state index contributed by atoms with van der Waals surface area (Å²) >= 11 is 0. The van der Waals surface area contributed by atoms with Gasteiger partial charge in [-0.05, 0) is 71.3 Å². The van der Waals surface area contributed by atoms with Crippen LogP contribution in [0.5, 0.6) is 0 Å². The maximum absolute atomic E-state index is 2.39. The molecule has 7 aromatic rings. The summed E-state index contributed by atoms with van der Waals surface area (Å²) in [6.45, 7) is 0. The van der Waals surface area contributed by atoms with Crippen LogP contribution in [0.3, 0.4) is 0 Å². The number of hydrogen-bond donors (Lipinski definition) is 0. The predicted octanol–water partition coefficient (Wildman–Crippen LogP) is 13.0. The fourth-order valence-corrected chi connectivity index (χ4v) is 5.98. The van der Waals surface area contributed by atoms with E-state index in [9.17, 15) is 0 Å². The molecule has 0 aliphatic rings. The van der Waals surface area contributed by atoms with Gasteiger partial charge in [-0.2, -0.15) is 0 Å². The van der Waals surface area contributed by atoms with Crippen molar-refractivity contribution in [1.29, 1.82) is 0 Å². The van der Waals surface area contributed by atoms with Crippen LogP contribution >= 0.6 is 0 Å². The highest BCUT2D eigenvalue weighted by Crippen LogP contribution is 2.49. The number of para-hydroxylation sites is 4. The van der Waals surface area contributed by atoms with Gasteiger partial charge < -0.3 is 9.80 Å². The monoisotopic (exact) mass is 616 g/mol. The topological polar surface area (TPSA) is 6.48 Å². The Bertz CT molecular complexity index is 2010. The van der Waals surface area contributed by atoms with Gasteiger partial charge >= 0.3 is 0 Å². The summed E-state index contributed by atoms with van der Waals surface area (Å²) in [6, 6.07) is 68.1. The first-order valence-corrected chi connectivity index (χ1v) is 16.3. The van der Waals surface area contributed by atoms with Gasteiger partial charge in [0.25, 0.3) is 0 Å². The van der Waals surface area contributed by atoms with Crippen molar-refractivity contribution in [2.75, 3.05) is 9.80 Å². The molecule has 0 spiro atoms. The molecule has 0 bridgehead atoms. The molecule has 0 N–H and O–H groups in total. The molecule has 0 aromatic heterocycles. The largest absolute Gasteiger partial charge is 0.308 e. The standard InChI is InChI=1S/C46H36N2/c1-7-19-37(20-8-1)31-33-39-34-36-45(47(40-23-11-3-12-24-40)41-25-13-4-14-26-41)46(44(39)35-32-38-21-9-2-10-22-38)48(42-27-15-5-16-28-42)43-29-17-6-18-30-43/h1-36H/b33-31+,35-32+. The number of benzene rings is 7. The number of anilines is 6. The fraction of sp³-hybridized carbons (Fsp3) is 0. The van der Waals surface area contributed by atoms with Crippen molar-refractivity contribution in [2.24, 2.45) is 0 Å². The van der Waals surface area contributed by atoms with Crippen LogP contribution in [0.15, 0.2) is 194 Å². The van der Waals surface area contributed by atoms with Crippen LogP contribution in [0.25, 0.3) is 24.3 Å². The van der Waals surface area contributed by atoms with Gasteiger partial charge in [-0.3, -0.25) is 0 Å². The number of rotatable bonds is 10. The second-order valence-corrected chi connectivity index (χ2v) is 11.4. The molecule has 0 atom stereocenters. The summed E-state index contributed by atoms with van der Waals surface area (Å²) in [5.41, 5.74) is 10.9. The van der Waals surface area contributed by atoms with Crippen LogP contribution in [0.1, 0.15) is 22.3 Å². The molecule has 0 fully saturated rings. The molecule has 230 valence electrons. The maximum atomic E-state index is 2.39.